The molecule has 0 aliphatic carbocycles. The van der Waals surface area contributed by atoms with Crippen LogP contribution >= 0.6 is 11.3 Å². The van der Waals surface area contributed by atoms with E-state index < -0.39 is 5.82 Å². The van der Waals surface area contributed by atoms with Crippen molar-refractivity contribution in [2.45, 2.75) is 6.54 Å². The zero-order valence-electron chi connectivity index (χ0n) is 15.0. The van der Waals surface area contributed by atoms with E-state index in [9.17, 15) is 9.65 Å². The van der Waals surface area contributed by atoms with Crippen molar-refractivity contribution in [1.82, 2.24) is 9.88 Å². The monoisotopic (exact) mass is 382 g/mol. The van der Waals surface area contributed by atoms with Crippen LogP contribution in [0.4, 0.5) is 10.1 Å². The summed E-state index contributed by atoms with van der Waals surface area (Å²) in [4.78, 5) is 9.10. The van der Waals surface area contributed by atoms with E-state index in [0.717, 1.165) is 43.2 Å². The van der Waals surface area contributed by atoms with Gasteiger partial charge in [-0.3, -0.25) is 4.90 Å². The number of methoxy groups -OCH3 is 1. The molecule has 0 spiro atoms. The van der Waals surface area contributed by atoms with Crippen LogP contribution in [0.15, 0.2) is 36.4 Å². The second-order valence-electron chi connectivity index (χ2n) is 6.45. The molecule has 3 aromatic rings. The van der Waals surface area contributed by atoms with E-state index in [2.05, 4.69) is 15.9 Å². The summed E-state index contributed by atoms with van der Waals surface area (Å²) in [6.07, 6.45) is 0. The second-order valence-corrected chi connectivity index (χ2v) is 7.57. The van der Waals surface area contributed by atoms with E-state index in [4.69, 9.17) is 9.72 Å². The van der Waals surface area contributed by atoms with Gasteiger partial charge in [0.25, 0.3) is 0 Å². The van der Waals surface area contributed by atoms with Crippen molar-refractivity contribution in [3.05, 3.63) is 52.8 Å². The number of thiazole rings is 1. The van der Waals surface area contributed by atoms with Gasteiger partial charge in [-0.25, -0.2) is 9.37 Å². The van der Waals surface area contributed by atoms with Gasteiger partial charge in [0, 0.05) is 38.3 Å². The Hall–Kier alpha value is -2.69. The van der Waals surface area contributed by atoms with Crippen molar-refractivity contribution in [2.75, 3.05) is 38.2 Å². The van der Waals surface area contributed by atoms with Crippen LogP contribution in [0, 0.1) is 17.1 Å². The molecule has 1 saturated heterocycles. The van der Waals surface area contributed by atoms with E-state index in [1.807, 2.05) is 24.3 Å². The molecule has 0 atom stereocenters. The molecule has 0 bridgehead atoms. The van der Waals surface area contributed by atoms with Crippen molar-refractivity contribution in [1.29, 1.82) is 5.26 Å². The standard InChI is InChI=1S/C20H19FN4OS/c1-26-14-10-16(21)15(12-22)18(11-14)25-8-6-24(7-9-25)13-20-23-17-4-2-3-5-19(17)27-20/h2-5,10-11H,6-9,13H2,1H3. The van der Waals surface area contributed by atoms with Crippen molar-refractivity contribution in [3.8, 4) is 11.8 Å². The summed E-state index contributed by atoms with van der Waals surface area (Å²) in [6.45, 7) is 3.93. The number of ether oxygens (including phenoxy) is 1. The fraction of sp³-hybridized carbons (Fsp3) is 0.300. The number of piperazine rings is 1. The lowest BCUT2D eigenvalue weighted by Crippen LogP contribution is -2.46. The quantitative estimate of drug-likeness (QED) is 0.690. The molecule has 138 valence electrons. The lowest BCUT2D eigenvalue weighted by atomic mass is 10.1. The van der Waals surface area contributed by atoms with Gasteiger partial charge in [-0.15, -0.1) is 11.3 Å². The molecular formula is C20H19FN4OS. The molecule has 0 radical (unpaired) electrons. The van der Waals surface area contributed by atoms with E-state index in [1.54, 1.807) is 17.4 Å². The van der Waals surface area contributed by atoms with Gasteiger partial charge >= 0.3 is 0 Å². The molecule has 5 nitrogen and oxygen atoms in total. The number of nitrogens with zero attached hydrogens (tertiary/aromatic N) is 4. The first-order valence-corrected chi connectivity index (χ1v) is 9.59. The zero-order chi connectivity index (χ0) is 18.8. The molecule has 7 heteroatoms. The fourth-order valence-electron chi connectivity index (χ4n) is 3.37. The zero-order valence-corrected chi connectivity index (χ0v) is 15.8. The summed E-state index contributed by atoms with van der Waals surface area (Å²) < 4.78 is 20.5. The van der Waals surface area contributed by atoms with E-state index in [-0.39, 0.29) is 5.56 Å². The highest BCUT2D eigenvalue weighted by Gasteiger charge is 2.22. The van der Waals surface area contributed by atoms with Crippen molar-refractivity contribution in [3.63, 3.8) is 0 Å². The molecule has 0 N–H and O–H groups in total. The molecule has 1 aliphatic rings. The summed E-state index contributed by atoms with van der Waals surface area (Å²) >= 11 is 1.73. The number of para-hydroxylation sites is 1. The number of nitriles is 1. The Balaban J connectivity index is 1.46. The highest BCUT2D eigenvalue weighted by atomic mass is 32.1. The molecule has 0 amide bonds. The normalized spacial score (nSPS) is 15.1. The average molecular weight is 382 g/mol. The van der Waals surface area contributed by atoms with Crippen LogP contribution in [0.25, 0.3) is 10.2 Å². The maximum Gasteiger partial charge on any atom is 0.146 e. The average Bonchev–Trinajstić information content (AvgIpc) is 3.10. The molecule has 1 aromatic heterocycles. The Morgan fingerprint density at radius 3 is 2.70 bits per heavy atom. The Morgan fingerprint density at radius 2 is 2.00 bits per heavy atom. The Bertz CT molecular complexity index is 972. The van der Waals surface area contributed by atoms with Crippen LogP contribution in [0.5, 0.6) is 5.75 Å². The van der Waals surface area contributed by atoms with Crippen molar-refractivity contribution in [2.24, 2.45) is 0 Å². The highest BCUT2D eigenvalue weighted by Crippen LogP contribution is 2.30. The van der Waals surface area contributed by atoms with Crippen LogP contribution in [-0.2, 0) is 6.54 Å². The first kappa shape index (κ1) is 17.7. The Kier molecular flexibility index (Phi) is 4.92. The minimum absolute atomic E-state index is 0.0791. The predicted octanol–water partition coefficient (Wildman–Crippen LogP) is 3.64. The summed E-state index contributed by atoms with van der Waals surface area (Å²) in [7, 11) is 1.50. The molecule has 27 heavy (non-hydrogen) atoms. The highest BCUT2D eigenvalue weighted by molar-refractivity contribution is 7.18. The minimum atomic E-state index is -0.538. The summed E-state index contributed by atoms with van der Waals surface area (Å²) in [5.74, 6) is -0.109. The Labute approximate surface area is 161 Å². The molecule has 0 saturated carbocycles. The van der Waals surface area contributed by atoms with Gasteiger partial charge in [0.1, 0.15) is 28.2 Å². The molecule has 1 fully saturated rings. The maximum absolute atomic E-state index is 14.2. The number of fused-ring (bicyclic) bond motifs is 1. The number of hydrogen-bond acceptors (Lipinski definition) is 6. The summed E-state index contributed by atoms with van der Waals surface area (Å²) in [5.41, 5.74) is 1.73. The lowest BCUT2D eigenvalue weighted by Gasteiger charge is -2.36. The molecule has 2 heterocycles. The van der Waals surface area contributed by atoms with Gasteiger partial charge in [-0.2, -0.15) is 5.26 Å². The van der Waals surface area contributed by atoms with Crippen molar-refractivity contribution < 1.29 is 9.13 Å². The second kappa shape index (κ2) is 7.51. The smallest absolute Gasteiger partial charge is 0.146 e. The van der Waals surface area contributed by atoms with Gasteiger partial charge in [0.05, 0.1) is 29.6 Å². The Morgan fingerprint density at radius 1 is 1.22 bits per heavy atom. The van der Waals surface area contributed by atoms with Crippen LogP contribution in [-0.4, -0.2) is 43.2 Å². The molecular weight excluding hydrogens is 363 g/mol. The predicted molar refractivity (Wildman–Crippen MR) is 105 cm³/mol. The number of rotatable bonds is 4. The third kappa shape index (κ3) is 3.59. The van der Waals surface area contributed by atoms with Crippen LogP contribution < -0.4 is 9.64 Å². The van der Waals surface area contributed by atoms with Gasteiger partial charge in [-0.05, 0) is 12.1 Å². The van der Waals surface area contributed by atoms with E-state index in [1.165, 1.54) is 17.9 Å². The molecule has 1 aliphatic heterocycles. The number of benzene rings is 2. The maximum atomic E-state index is 14.2. The first-order chi connectivity index (χ1) is 13.2. The van der Waals surface area contributed by atoms with Crippen molar-refractivity contribution >= 4 is 27.2 Å². The SMILES string of the molecule is COc1cc(F)c(C#N)c(N2CCN(Cc3nc4ccccc4s3)CC2)c1. The molecule has 0 unspecified atom stereocenters. The molecule has 4 rings (SSSR count). The largest absolute Gasteiger partial charge is 0.497 e. The van der Waals surface area contributed by atoms with E-state index >= 15 is 0 Å². The number of aromatic nitrogens is 1. The third-order valence-electron chi connectivity index (χ3n) is 4.80. The van der Waals surface area contributed by atoms with Crippen LogP contribution in [0.3, 0.4) is 0 Å². The number of hydrogen-bond donors (Lipinski definition) is 0. The number of anilines is 1. The number of halogens is 1. The summed E-state index contributed by atoms with van der Waals surface area (Å²) in [5, 5.41) is 10.4. The van der Waals surface area contributed by atoms with Crippen LogP contribution in [0.2, 0.25) is 0 Å². The topological polar surface area (TPSA) is 52.4 Å². The van der Waals surface area contributed by atoms with E-state index in [0.29, 0.717) is 11.4 Å². The van der Waals surface area contributed by atoms with Gasteiger partial charge in [0.15, 0.2) is 0 Å². The first-order valence-electron chi connectivity index (χ1n) is 8.77. The fourth-order valence-corrected chi connectivity index (χ4v) is 4.38. The van der Waals surface area contributed by atoms with Gasteiger partial charge in [0.2, 0.25) is 0 Å². The lowest BCUT2D eigenvalue weighted by molar-refractivity contribution is 0.249. The molecule has 2 aromatic carbocycles. The minimum Gasteiger partial charge on any atom is -0.497 e. The van der Waals surface area contributed by atoms with Gasteiger partial charge in [-0.1, -0.05) is 12.1 Å². The van der Waals surface area contributed by atoms with Crippen LogP contribution in [0.1, 0.15) is 10.6 Å². The third-order valence-corrected chi connectivity index (χ3v) is 5.82. The van der Waals surface area contributed by atoms with Gasteiger partial charge < -0.3 is 9.64 Å². The summed E-state index contributed by atoms with van der Waals surface area (Å²) in [6, 6.07) is 13.1.